The summed E-state index contributed by atoms with van der Waals surface area (Å²) in [5.41, 5.74) is 4.97. The number of rotatable bonds is 3. The fourth-order valence-electron chi connectivity index (χ4n) is 2.70. The van der Waals surface area contributed by atoms with E-state index in [0.29, 0.717) is 18.7 Å². The summed E-state index contributed by atoms with van der Waals surface area (Å²) in [5.74, 6) is 5.88. The van der Waals surface area contributed by atoms with Crippen LogP contribution in [0.4, 0.5) is 18.0 Å². The molecule has 24 heavy (non-hydrogen) atoms. The Morgan fingerprint density at radius 1 is 1.29 bits per heavy atom. The fraction of sp³-hybridized carbons (Fsp3) is 0.471. The molecule has 1 aliphatic rings. The smallest absolute Gasteiger partial charge is 0.352 e. The van der Waals surface area contributed by atoms with Gasteiger partial charge in [0, 0.05) is 18.2 Å². The first-order valence-corrected chi connectivity index (χ1v) is 7.80. The predicted molar refractivity (Wildman–Crippen MR) is 85.1 cm³/mol. The van der Waals surface area contributed by atoms with Crippen LogP contribution in [0.5, 0.6) is 0 Å². The van der Waals surface area contributed by atoms with Gasteiger partial charge in [-0.1, -0.05) is 18.3 Å². The molecule has 0 aliphatic carbocycles. The number of carbonyl (C=O) groups excluding carboxylic acids is 1. The van der Waals surface area contributed by atoms with Crippen molar-refractivity contribution in [1.29, 1.82) is 0 Å². The molecule has 1 atom stereocenters. The molecular formula is C17H20F3N3O. The third-order valence-electron chi connectivity index (χ3n) is 3.99. The van der Waals surface area contributed by atoms with Crippen molar-refractivity contribution in [3.8, 4) is 11.8 Å². The second-order valence-electron chi connectivity index (χ2n) is 5.74. The molecule has 1 aromatic carbocycles. The Morgan fingerprint density at radius 3 is 2.62 bits per heavy atom. The van der Waals surface area contributed by atoms with E-state index in [4.69, 9.17) is 5.73 Å². The zero-order valence-electron chi connectivity index (χ0n) is 13.2. The highest BCUT2D eigenvalue weighted by atomic mass is 19.4. The van der Waals surface area contributed by atoms with Crippen LogP contribution in [0.15, 0.2) is 24.3 Å². The summed E-state index contributed by atoms with van der Waals surface area (Å²) in [6, 6.07) is 4.45. The molecule has 0 saturated carbocycles. The van der Waals surface area contributed by atoms with E-state index in [1.54, 1.807) is 0 Å². The lowest BCUT2D eigenvalue weighted by Crippen LogP contribution is -2.47. The Labute approximate surface area is 139 Å². The number of hydrogen-bond acceptors (Lipinski definition) is 2. The van der Waals surface area contributed by atoms with Gasteiger partial charge in [0.15, 0.2) is 0 Å². The van der Waals surface area contributed by atoms with E-state index in [-0.39, 0.29) is 6.04 Å². The van der Waals surface area contributed by atoms with Gasteiger partial charge >= 0.3 is 12.2 Å². The van der Waals surface area contributed by atoms with Crippen LogP contribution in [0.25, 0.3) is 0 Å². The number of urea groups is 1. The second kappa shape index (κ2) is 8.06. The molecule has 1 saturated heterocycles. The Kier molecular flexibility index (Phi) is 6.10. The molecule has 0 radical (unpaired) electrons. The van der Waals surface area contributed by atoms with Gasteiger partial charge < -0.3 is 11.1 Å². The molecule has 3 N–H and O–H groups in total. The lowest BCUT2D eigenvalue weighted by molar-refractivity contribution is -0.137. The van der Waals surface area contributed by atoms with Crippen LogP contribution in [0.2, 0.25) is 0 Å². The number of benzene rings is 1. The van der Waals surface area contributed by atoms with Crippen molar-refractivity contribution in [2.24, 2.45) is 5.73 Å². The average Bonchev–Trinajstić information content (AvgIpc) is 2.53. The van der Waals surface area contributed by atoms with Crippen LogP contribution in [0, 0.1) is 11.8 Å². The first-order valence-electron chi connectivity index (χ1n) is 7.80. The van der Waals surface area contributed by atoms with E-state index in [0.717, 1.165) is 37.9 Å². The molecule has 0 unspecified atom stereocenters. The van der Waals surface area contributed by atoms with Gasteiger partial charge in [0.1, 0.15) is 0 Å². The highest BCUT2D eigenvalue weighted by Gasteiger charge is 2.29. The minimum absolute atomic E-state index is 0.188. The quantitative estimate of drug-likeness (QED) is 0.832. The molecule has 0 aromatic heterocycles. The Balaban J connectivity index is 1.94. The standard InChI is InChI=1S/C17H20F3N3O/c18-17(19,20)14-8-6-13(7-9-14)4-3-11-23-10-2-1-5-15(23)12-22-16(21)24/h6-9,15H,1-2,5,10-12H2,(H3,21,22,24)/t15-/m1/s1. The van der Waals surface area contributed by atoms with Gasteiger partial charge in [0.2, 0.25) is 0 Å². The van der Waals surface area contributed by atoms with Gasteiger partial charge in [-0.2, -0.15) is 13.2 Å². The number of hydrogen-bond donors (Lipinski definition) is 2. The normalized spacial score (nSPS) is 18.5. The summed E-state index contributed by atoms with van der Waals surface area (Å²) in [7, 11) is 0. The van der Waals surface area contributed by atoms with Crippen LogP contribution in [0.1, 0.15) is 30.4 Å². The van der Waals surface area contributed by atoms with E-state index >= 15 is 0 Å². The maximum atomic E-state index is 12.5. The van der Waals surface area contributed by atoms with Crippen molar-refractivity contribution in [3.05, 3.63) is 35.4 Å². The van der Waals surface area contributed by atoms with E-state index in [9.17, 15) is 18.0 Å². The summed E-state index contributed by atoms with van der Waals surface area (Å²) >= 11 is 0. The number of nitrogens with one attached hydrogen (secondary N) is 1. The fourth-order valence-corrected chi connectivity index (χ4v) is 2.70. The monoisotopic (exact) mass is 339 g/mol. The van der Waals surface area contributed by atoms with Crippen molar-refractivity contribution in [2.45, 2.75) is 31.5 Å². The molecule has 2 rings (SSSR count). The SMILES string of the molecule is NC(=O)NC[C@H]1CCCCN1CC#Cc1ccc(C(F)(F)F)cc1. The highest BCUT2D eigenvalue weighted by Crippen LogP contribution is 2.28. The molecule has 0 spiro atoms. The molecule has 4 nitrogen and oxygen atoms in total. The maximum Gasteiger partial charge on any atom is 0.416 e. The largest absolute Gasteiger partial charge is 0.416 e. The summed E-state index contributed by atoms with van der Waals surface area (Å²) in [6.45, 7) is 1.87. The first-order chi connectivity index (χ1) is 11.4. The molecular weight excluding hydrogens is 319 g/mol. The zero-order chi connectivity index (χ0) is 17.6. The van der Waals surface area contributed by atoms with Crippen LogP contribution in [-0.4, -0.2) is 36.6 Å². The van der Waals surface area contributed by atoms with E-state index < -0.39 is 17.8 Å². The number of primary amides is 1. The lowest BCUT2D eigenvalue weighted by Gasteiger charge is -2.34. The molecule has 7 heteroatoms. The molecule has 130 valence electrons. The molecule has 1 aliphatic heterocycles. The van der Waals surface area contributed by atoms with Crippen molar-refractivity contribution in [1.82, 2.24) is 10.2 Å². The molecule has 2 amide bonds. The number of nitrogens with two attached hydrogens (primary N) is 1. The van der Waals surface area contributed by atoms with Gasteiger partial charge in [-0.25, -0.2) is 4.79 Å². The Hall–Kier alpha value is -2.20. The van der Waals surface area contributed by atoms with Gasteiger partial charge in [-0.15, -0.1) is 0 Å². The third kappa shape index (κ3) is 5.46. The summed E-state index contributed by atoms with van der Waals surface area (Å²) in [5, 5.41) is 2.62. The van der Waals surface area contributed by atoms with Gasteiger partial charge in [0.05, 0.1) is 12.1 Å². The van der Waals surface area contributed by atoms with E-state index in [1.165, 1.54) is 12.1 Å². The first kappa shape index (κ1) is 18.1. The number of piperidine rings is 1. The van der Waals surface area contributed by atoms with Gasteiger partial charge in [0.25, 0.3) is 0 Å². The number of alkyl halides is 3. The van der Waals surface area contributed by atoms with Crippen molar-refractivity contribution in [3.63, 3.8) is 0 Å². The highest BCUT2D eigenvalue weighted by molar-refractivity contribution is 5.71. The molecule has 1 heterocycles. The minimum Gasteiger partial charge on any atom is -0.352 e. The molecule has 1 fully saturated rings. The van der Waals surface area contributed by atoms with Crippen LogP contribution >= 0.6 is 0 Å². The summed E-state index contributed by atoms with van der Waals surface area (Å²) in [6.07, 6.45) is -1.22. The average molecular weight is 339 g/mol. The Morgan fingerprint density at radius 2 is 2.00 bits per heavy atom. The zero-order valence-corrected chi connectivity index (χ0v) is 13.2. The number of halogens is 3. The minimum atomic E-state index is -4.33. The number of amides is 2. The van der Waals surface area contributed by atoms with Gasteiger partial charge in [-0.3, -0.25) is 4.90 Å². The van der Waals surface area contributed by atoms with Crippen molar-refractivity contribution < 1.29 is 18.0 Å². The predicted octanol–water partition coefficient (Wildman–Crippen LogP) is 2.58. The topological polar surface area (TPSA) is 58.4 Å². The van der Waals surface area contributed by atoms with E-state index in [1.807, 2.05) is 0 Å². The van der Waals surface area contributed by atoms with Gasteiger partial charge in [-0.05, 0) is 43.7 Å². The van der Waals surface area contributed by atoms with Crippen LogP contribution in [-0.2, 0) is 6.18 Å². The van der Waals surface area contributed by atoms with Crippen molar-refractivity contribution >= 4 is 6.03 Å². The molecule has 1 aromatic rings. The molecule has 0 bridgehead atoms. The lowest BCUT2D eigenvalue weighted by atomic mass is 10.0. The van der Waals surface area contributed by atoms with Crippen molar-refractivity contribution in [2.75, 3.05) is 19.6 Å². The summed E-state index contributed by atoms with van der Waals surface area (Å²) in [4.78, 5) is 13.0. The van der Waals surface area contributed by atoms with Crippen LogP contribution in [0.3, 0.4) is 0 Å². The second-order valence-corrected chi connectivity index (χ2v) is 5.74. The number of nitrogens with zero attached hydrogens (tertiary/aromatic N) is 1. The number of carbonyl (C=O) groups is 1. The Bertz CT molecular complexity index is 617. The van der Waals surface area contributed by atoms with E-state index in [2.05, 4.69) is 22.1 Å². The third-order valence-corrected chi connectivity index (χ3v) is 3.99. The van der Waals surface area contributed by atoms with Crippen LogP contribution < -0.4 is 11.1 Å². The maximum absolute atomic E-state index is 12.5. The number of likely N-dealkylation sites (tertiary alicyclic amines) is 1. The summed E-state index contributed by atoms with van der Waals surface area (Å²) < 4.78 is 37.5.